The number of nitrogens with zero attached hydrogens (tertiary/aromatic N) is 2. The third kappa shape index (κ3) is 3.83. The first kappa shape index (κ1) is 13.1. The van der Waals surface area contributed by atoms with E-state index in [1.165, 1.54) is 11.0 Å². The average molecular weight is 238 g/mol. The van der Waals surface area contributed by atoms with Crippen molar-refractivity contribution < 1.29 is 13.6 Å². The monoisotopic (exact) mass is 238 g/mol. The second kappa shape index (κ2) is 5.94. The molecule has 1 aromatic carbocycles. The molecule has 17 heavy (non-hydrogen) atoms. The molecule has 0 fully saturated rings. The van der Waals surface area contributed by atoms with Gasteiger partial charge in [0.05, 0.1) is 6.07 Å². The molecular weight excluding hydrogens is 226 g/mol. The predicted octanol–water partition coefficient (Wildman–Crippen LogP) is 1.88. The van der Waals surface area contributed by atoms with E-state index in [1.54, 1.807) is 13.1 Å². The quantitative estimate of drug-likeness (QED) is 0.803. The van der Waals surface area contributed by atoms with Gasteiger partial charge in [0.25, 0.3) is 0 Å². The van der Waals surface area contributed by atoms with Gasteiger partial charge in [0, 0.05) is 13.6 Å². The lowest BCUT2D eigenvalue weighted by atomic mass is 10.1. The number of nitriles is 1. The third-order valence-corrected chi connectivity index (χ3v) is 2.38. The smallest absolute Gasteiger partial charge is 0.236 e. The third-order valence-electron chi connectivity index (χ3n) is 2.38. The van der Waals surface area contributed by atoms with Crippen LogP contribution in [0.25, 0.3) is 0 Å². The first-order valence-corrected chi connectivity index (χ1v) is 5.09. The number of hydrogen-bond donors (Lipinski definition) is 0. The number of amides is 1. The van der Waals surface area contributed by atoms with Crippen molar-refractivity contribution in [3.8, 4) is 6.07 Å². The van der Waals surface area contributed by atoms with E-state index in [-0.39, 0.29) is 12.3 Å². The van der Waals surface area contributed by atoms with Crippen molar-refractivity contribution in [2.24, 2.45) is 0 Å². The molecule has 1 rings (SSSR count). The van der Waals surface area contributed by atoms with Gasteiger partial charge in [-0.2, -0.15) is 5.26 Å². The van der Waals surface area contributed by atoms with Crippen LogP contribution in [0.3, 0.4) is 0 Å². The van der Waals surface area contributed by atoms with Gasteiger partial charge in [-0.05, 0) is 24.1 Å². The minimum absolute atomic E-state index is 0.172. The van der Waals surface area contributed by atoms with Crippen LogP contribution >= 0.6 is 0 Å². The Hall–Kier alpha value is -1.96. The van der Waals surface area contributed by atoms with Crippen molar-refractivity contribution in [2.45, 2.75) is 12.8 Å². The highest BCUT2D eigenvalue weighted by molar-refractivity contribution is 5.77. The van der Waals surface area contributed by atoms with Gasteiger partial charge in [-0.1, -0.05) is 6.07 Å². The largest absolute Gasteiger partial charge is 0.345 e. The van der Waals surface area contributed by atoms with E-state index in [4.69, 9.17) is 5.26 Å². The summed E-state index contributed by atoms with van der Waals surface area (Å²) in [6.07, 6.45) is 0.249. The lowest BCUT2D eigenvalue weighted by Gasteiger charge is -2.15. The number of carbonyl (C=O) groups excluding carboxylic acids is 1. The summed E-state index contributed by atoms with van der Waals surface area (Å²) in [5.74, 6) is -2.06. The van der Waals surface area contributed by atoms with Crippen LogP contribution in [0.2, 0.25) is 0 Å². The van der Waals surface area contributed by atoms with Crippen molar-refractivity contribution in [2.75, 3.05) is 13.6 Å². The van der Waals surface area contributed by atoms with Gasteiger partial charge in [-0.25, -0.2) is 8.78 Å². The minimum atomic E-state index is -0.895. The Morgan fingerprint density at radius 1 is 1.41 bits per heavy atom. The summed E-state index contributed by atoms with van der Waals surface area (Å²) in [4.78, 5) is 12.6. The molecule has 0 N–H and O–H groups in total. The molecular formula is C12H12F2N2O. The van der Waals surface area contributed by atoms with Gasteiger partial charge in [-0.3, -0.25) is 4.79 Å². The number of benzene rings is 1. The van der Waals surface area contributed by atoms with E-state index in [1.807, 2.05) is 0 Å². The maximum atomic E-state index is 12.9. The molecule has 0 aliphatic carbocycles. The molecule has 0 aliphatic rings. The molecule has 0 aromatic heterocycles. The zero-order valence-corrected chi connectivity index (χ0v) is 9.41. The Bertz CT molecular complexity index is 454. The summed E-state index contributed by atoms with van der Waals surface area (Å²) in [5.41, 5.74) is 0.612. The van der Waals surface area contributed by atoms with E-state index >= 15 is 0 Å². The fourth-order valence-corrected chi connectivity index (χ4v) is 1.32. The molecule has 1 aromatic rings. The Morgan fingerprint density at radius 3 is 2.71 bits per heavy atom. The molecule has 0 spiro atoms. The molecule has 1 amide bonds. The number of likely N-dealkylation sites (N-methyl/N-ethyl adjacent to an activating group) is 1. The Kier molecular flexibility index (Phi) is 4.58. The van der Waals surface area contributed by atoms with Crippen molar-refractivity contribution in [3.05, 3.63) is 35.4 Å². The van der Waals surface area contributed by atoms with Gasteiger partial charge in [-0.15, -0.1) is 0 Å². The topological polar surface area (TPSA) is 44.1 Å². The van der Waals surface area contributed by atoms with Crippen LogP contribution in [0.15, 0.2) is 18.2 Å². The normalized spacial score (nSPS) is 9.76. The highest BCUT2D eigenvalue weighted by atomic mass is 19.2. The van der Waals surface area contributed by atoms with Crippen molar-refractivity contribution >= 4 is 5.91 Å². The summed E-state index contributed by atoms with van der Waals surface area (Å²) < 4.78 is 25.5. The molecule has 0 radical (unpaired) electrons. The van der Waals surface area contributed by atoms with Crippen molar-refractivity contribution in [1.82, 2.24) is 4.90 Å². The molecule has 0 saturated heterocycles. The maximum absolute atomic E-state index is 12.9. The van der Waals surface area contributed by atoms with Gasteiger partial charge in [0.1, 0.15) is 6.42 Å². The van der Waals surface area contributed by atoms with Crippen LogP contribution in [0.4, 0.5) is 8.78 Å². The van der Waals surface area contributed by atoms with Gasteiger partial charge < -0.3 is 4.90 Å². The standard InChI is InChI=1S/C12H12F2N2O/c1-16(12(17)4-6-15)7-5-9-2-3-10(13)11(14)8-9/h2-3,8H,4-5,7H2,1H3. The molecule has 0 saturated carbocycles. The van der Waals surface area contributed by atoms with Crippen LogP contribution < -0.4 is 0 Å². The average Bonchev–Trinajstić information content (AvgIpc) is 2.30. The molecule has 0 heterocycles. The van der Waals surface area contributed by atoms with E-state index in [0.717, 1.165) is 12.1 Å². The Morgan fingerprint density at radius 2 is 2.12 bits per heavy atom. The predicted molar refractivity (Wildman–Crippen MR) is 57.9 cm³/mol. The summed E-state index contributed by atoms with van der Waals surface area (Å²) in [6, 6.07) is 5.40. The zero-order chi connectivity index (χ0) is 12.8. The lowest BCUT2D eigenvalue weighted by Crippen LogP contribution is -2.28. The van der Waals surface area contributed by atoms with Crippen LogP contribution in [-0.4, -0.2) is 24.4 Å². The molecule has 0 unspecified atom stereocenters. The summed E-state index contributed by atoms with van der Waals surface area (Å²) >= 11 is 0. The van der Waals surface area contributed by atoms with Crippen LogP contribution in [0.1, 0.15) is 12.0 Å². The Labute approximate surface area is 98.3 Å². The Balaban J connectivity index is 2.53. The molecule has 0 bridgehead atoms. The second-order valence-corrected chi connectivity index (χ2v) is 3.65. The molecule has 90 valence electrons. The molecule has 0 aliphatic heterocycles. The number of halogens is 2. The van der Waals surface area contributed by atoms with Gasteiger partial charge >= 0.3 is 0 Å². The zero-order valence-electron chi connectivity index (χ0n) is 9.41. The number of rotatable bonds is 4. The molecule has 0 atom stereocenters. The summed E-state index contributed by atoms with van der Waals surface area (Å²) in [6.45, 7) is 0.367. The number of carbonyl (C=O) groups is 1. The maximum Gasteiger partial charge on any atom is 0.236 e. The minimum Gasteiger partial charge on any atom is -0.345 e. The van der Waals surface area contributed by atoms with Crippen LogP contribution in [0.5, 0.6) is 0 Å². The highest BCUT2D eigenvalue weighted by Crippen LogP contribution is 2.09. The molecule has 5 heteroatoms. The van der Waals surface area contributed by atoms with Gasteiger partial charge in [0.2, 0.25) is 5.91 Å². The first-order chi connectivity index (χ1) is 8.04. The van der Waals surface area contributed by atoms with Crippen LogP contribution in [-0.2, 0) is 11.2 Å². The highest BCUT2D eigenvalue weighted by Gasteiger charge is 2.08. The van der Waals surface area contributed by atoms with E-state index < -0.39 is 11.6 Å². The van der Waals surface area contributed by atoms with Crippen molar-refractivity contribution in [1.29, 1.82) is 5.26 Å². The number of hydrogen-bond acceptors (Lipinski definition) is 2. The summed E-state index contributed by atoms with van der Waals surface area (Å²) in [5, 5.41) is 8.35. The van der Waals surface area contributed by atoms with E-state index in [0.29, 0.717) is 18.5 Å². The molecule has 3 nitrogen and oxygen atoms in total. The van der Waals surface area contributed by atoms with Gasteiger partial charge in [0.15, 0.2) is 11.6 Å². The lowest BCUT2D eigenvalue weighted by molar-refractivity contribution is -0.128. The fourth-order valence-electron chi connectivity index (χ4n) is 1.32. The second-order valence-electron chi connectivity index (χ2n) is 3.65. The SMILES string of the molecule is CN(CCc1ccc(F)c(F)c1)C(=O)CC#N. The fraction of sp³-hybridized carbons (Fsp3) is 0.333. The van der Waals surface area contributed by atoms with E-state index in [2.05, 4.69) is 0 Å². The van der Waals surface area contributed by atoms with Crippen molar-refractivity contribution in [3.63, 3.8) is 0 Å². The summed E-state index contributed by atoms with van der Waals surface area (Å²) in [7, 11) is 1.57. The van der Waals surface area contributed by atoms with E-state index in [9.17, 15) is 13.6 Å². The van der Waals surface area contributed by atoms with Crippen LogP contribution in [0, 0.1) is 23.0 Å². The first-order valence-electron chi connectivity index (χ1n) is 5.09.